The highest BCUT2D eigenvalue weighted by Crippen LogP contribution is 2.17. The van der Waals surface area contributed by atoms with E-state index < -0.39 is 5.91 Å². The van der Waals surface area contributed by atoms with Gasteiger partial charge in [-0.05, 0) is 32.1 Å². The number of nitrogens with zero attached hydrogens (tertiary/aromatic N) is 4. The third-order valence-electron chi connectivity index (χ3n) is 5.90. The summed E-state index contributed by atoms with van der Waals surface area (Å²) in [5.74, 6) is -0.466. The largest absolute Gasteiger partial charge is 0.382 e. The van der Waals surface area contributed by atoms with E-state index in [4.69, 9.17) is 28.8 Å². The number of nitrogen functional groups attached to an aromatic ring is 2. The summed E-state index contributed by atoms with van der Waals surface area (Å²) in [6.45, 7) is 2.43. The van der Waals surface area contributed by atoms with Crippen LogP contribution in [0, 0.1) is 0 Å². The van der Waals surface area contributed by atoms with Gasteiger partial charge in [-0.1, -0.05) is 56.5 Å². The number of aliphatic imine (C=N–C) groups is 1. The number of nitrogens with two attached hydrogens (primary N) is 3. The molecule has 36 heavy (non-hydrogen) atoms. The smallest absolute Gasteiger partial charge is 0.280 e. The molecule has 1 aliphatic rings. The number of hydrogen-bond acceptors (Lipinski definition) is 7. The Hall–Kier alpha value is -2.04. The van der Waals surface area contributed by atoms with Gasteiger partial charge in [0.05, 0.1) is 0 Å². The Morgan fingerprint density at radius 2 is 1.42 bits per heavy atom. The number of carbonyl (C=O) groups is 2. The summed E-state index contributed by atoms with van der Waals surface area (Å²) in [5.41, 5.74) is 16.8. The number of piperidine rings is 1. The van der Waals surface area contributed by atoms with E-state index in [0.29, 0.717) is 18.9 Å². The van der Waals surface area contributed by atoms with E-state index in [9.17, 15) is 9.59 Å². The quantitative estimate of drug-likeness (QED) is 0.158. The van der Waals surface area contributed by atoms with Crippen LogP contribution >= 0.6 is 36.4 Å². The number of anilines is 2. The van der Waals surface area contributed by atoms with E-state index >= 15 is 0 Å². The van der Waals surface area contributed by atoms with E-state index in [0.717, 1.165) is 58.0 Å². The molecule has 0 aliphatic carbocycles. The van der Waals surface area contributed by atoms with E-state index in [1.54, 1.807) is 0 Å². The third kappa shape index (κ3) is 12.8. The summed E-state index contributed by atoms with van der Waals surface area (Å²) < 4.78 is 0. The predicted octanol–water partition coefficient (Wildman–Crippen LogP) is 4.10. The lowest BCUT2D eigenvalue weighted by atomic mass is 10.1. The van der Waals surface area contributed by atoms with Gasteiger partial charge in [0, 0.05) is 26.1 Å². The highest BCUT2D eigenvalue weighted by molar-refractivity contribution is 6.31. The second-order valence-corrected chi connectivity index (χ2v) is 9.09. The first-order valence-corrected chi connectivity index (χ1v) is 12.7. The molecule has 1 fully saturated rings. The molecule has 0 unspecified atom stereocenters. The molecule has 1 aliphatic heterocycles. The number of unbranched alkanes of at least 4 members (excludes halogenated alkanes) is 8. The molecule has 0 radical (unpaired) electrons. The third-order valence-corrected chi connectivity index (χ3v) is 6.18. The van der Waals surface area contributed by atoms with Crippen molar-refractivity contribution in [1.82, 2.24) is 20.2 Å². The van der Waals surface area contributed by atoms with Crippen LogP contribution in [0.5, 0.6) is 0 Å². The summed E-state index contributed by atoms with van der Waals surface area (Å²) in [7, 11) is 0. The molecule has 0 spiro atoms. The molecular weight excluding hydrogens is 527 g/mol. The van der Waals surface area contributed by atoms with Crippen molar-refractivity contribution in [3.8, 4) is 0 Å². The second-order valence-electron chi connectivity index (χ2n) is 8.73. The van der Waals surface area contributed by atoms with Gasteiger partial charge in [-0.15, -0.1) is 24.8 Å². The van der Waals surface area contributed by atoms with Gasteiger partial charge >= 0.3 is 0 Å². The minimum Gasteiger partial charge on any atom is -0.382 e. The number of rotatable bonds is 13. The van der Waals surface area contributed by atoms with E-state index in [1.165, 1.54) is 32.1 Å². The van der Waals surface area contributed by atoms with Crippen LogP contribution in [0.1, 0.15) is 94.0 Å². The van der Waals surface area contributed by atoms with E-state index in [-0.39, 0.29) is 53.3 Å². The zero-order valence-electron chi connectivity index (χ0n) is 20.8. The fourth-order valence-electron chi connectivity index (χ4n) is 3.95. The molecule has 2 amide bonds. The Morgan fingerprint density at radius 3 is 2.03 bits per heavy atom. The maximum atomic E-state index is 12.2. The van der Waals surface area contributed by atoms with Crippen molar-refractivity contribution < 1.29 is 9.59 Å². The summed E-state index contributed by atoms with van der Waals surface area (Å²) in [4.78, 5) is 38.1. The van der Waals surface area contributed by atoms with Crippen molar-refractivity contribution in [2.75, 3.05) is 31.1 Å². The van der Waals surface area contributed by atoms with Crippen molar-refractivity contribution >= 4 is 65.8 Å². The molecule has 0 aromatic carbocycles. The van der Waals surface area contributed by atoms with Gasteiger partial charge in [0.25, 0.3) is 5.91 Å². The molecule has 2 rings (SSSR count). The highest BCUT2D eigenvalue weighted by atomic mass is 35.5. The summed E-state index contributed by atoms with van der Waals surface area (Å²) in [6.07, 6.45) is 14.4. The van der Waals surface area contributed by atoms with Crippen LogP contribution in [0.2, 0.25) is 5.15 Å². The number of hydrogen-bond donors (Lipinski definition) is 4. The Morgan fingerprint density at radius 1 is 0.861 bits per heavy atom. The second kappa shape index (κ2) is 19.1. The van der Waals surface area contributed by atoms with Gasteiger partial charge < -0.3 is 22.1 Å². The standard InChI is InChI=1S/C23H39ClN8O2.2ClH/c24-19-21(26)30-20(25)18(29-19)22(34)31-23(27)28-14-10-7-5-3-1-2-4-6-9-13-17(33)32-15-11-8-12-16-32;;/h1-16H2,(H4,25,26,30)(H3,27,28,31,34);2*1H. The fourth-order valence-corrected chi connectivity index (χ4v) is 4.08. The van der Waals surface area contributed by atoms with Crippen molar-refractivity contribution in [3.63, 3.8) is 0 Å². The topological polar surface area (TPSA) is 166 Å². The Bertz CT molecular complexity index is 836. The van der Waals surface area contributed by atoms with Gasteiger partial charge in [0.15, 0.2) is 28.4 Å². The maximum absolute atomic E-state index is 12.2. The van der Waals surface area contributed by atoms with Gasteiger partial charge in [-0.25, -0.2) is 9.97 Å². The van der Waals surface area contributed by atoms with Crippen LogP contribution in [0.15, 0.2) is 4.99 Å². The molecule has 0 saturated carbocycles. The summed E-state index contributed by atoms with van der Waals surface area (Å²) in [6, 6.07) is 0. The maximum Gasteiger partial charge on any atom is 0.280 e. The van der Waals surface area contributed by atoms with Crippen LogP contribution in [-0.2, 0) is 4.79 Å². The minimum atomic E-state index is -0.635. The number of aromatic nitrogens is 2. The molecule has 206 valence electrons. The van der Waals surface area contributed by atoms with Crippen molar-refractivity contribution in [1.29, 1.82) is 0 Å². The zero-order valence-corrected chi connectivity index (χ0v) is 23.2. The number of nitrogens with one attached hydrogen (secondary N) is 1. The average molecular weight is 568 g/mol. The molecule has 13 heteroatoms. The SMILES string of the molecule is Cl.Cl.NC(=NCCCCCCCCCCCC(=O)N1CCCCC1)NC(=O)c1nc(Cl)c(N)nc1N. The van der Waals surface area contributed by atoms with Gasteiger partial charge in [0.1, 0.15) is 0 Å². The minimum absolute atomic E-state index is 0. The predicted molar refractivity (Wildman–Crippen MR) is 151 cm³/mol. The number of amides is 2. The Balaban J connectivity index is 0.00000612. The first-order valence-electron chi connectivity index (χ1n) is 12.4. The normalized spacial score (nSPS) is 13.5. The summed E-state index contributed by atoms with van der Waals surface area (Å²) in [5, 5.41) is 2.33. The molecule has 0 atom stereocenters. The average Bonchev–Trinajstić information content (AvgIpc) is 2.82. The molecular formula is C23H41Cl3N8O2. The lowest BCUT2D eigenvalue weighted by molar-refractivity contribution is -0.132. The molecule has 2 heterocycles. The van der Waals surface area contributed by atoms with Crippen LogP contribution in [0.25, 0.3) is 0 Å². The van der Waals surface area contributed by atoms with Crippen molar-refractivity contribution in [2.45, 2.75) is 83.5 Å². The number of likely N-dealkylation sites (tertiary alicyclic amines) is 1. The van der Waals surface area contributed by atoms with Crippen LogP contribution in [0.4, 0.5) is 11.6 Å². The first-order chi connectivity index (χ1) is 16.4. The highest BCUT2D eigenvalue weighted by Gasteiger charge is 2.17. The van der Waals surface area contributed by atoms with Gasteiger partial charge in [0.2, 0.25) is 5.91 Å². The zero-order chi connectivity index (χ0) is 24.8. The van der Waals surface area contributed by atoms with Gasteiger partial charge in [-0.2, -0.15) is 0 Å². The summed E-state index contributed by atoms with van der Waals surface area (Å²) >= 11 is 5.78. The molecule has 10 nitrogen and oxygen atoms in total. The number of carbonyl (C=O) groups excluding carboxylic acids is 2. The van der Waals surface area contributed by atoms with Crippen molar-refractivity contribution in [2.24, 2.45) is 10.7 Å². The van der Waals surface area contributed by atoms with Crippen LogP contribution in [-0.4, -0.2) is 52.3 Å². The molecule has 1 saturated heterocycles. The van der Waals surface area contributed by atoms with Crippen LogP contribution in [0.3, 0.4) is 0 Å². The monoisotopic (exact) mass is 566 g/mol. The Kier molecular flexibility index (Phi) is 18.0. The Labute approximate surface area is 231 Å². The fraction of sp³-hybridized carbons (Fsp3) is 0.696. The molecule has 7 N–H and O–H groups in total. The number of halogens is 3. The molecule has 0 bridgehead atoms. The van der Waals surface area contributed by atoms with Crippen molar-refractivity contribution in [3.05, 3.63) is 10.8 Å². The lowest BCUT2D eigenvalue weighted by Crippen LogP contribution is -2.38. The van der Waals surface area contributed by atoms with E-state index in [2.05, 4.69) is 20.3 Å². The van der Waals surface area contributed by atoms with Gasteiger partial charge in [-0.3, -0.25) is 19.9 Å². The molecule has 1 aromatic heterocycles. The molecule has 1 aromatic rings. The lowest BCUT2D eigenvalue weighted by Gasteiger charge is -2.26. The van der Waals surface area contributed by atoms with Crippen LogP contribution < -0.4 is 22.5 Å². The first kappa shape index (κ1) is 34.0. The number of guanidine groups is 1. The van der Waals surface area contributed by atoms with E-state index in [1.807, 2.05) is 4.90 Å².